The molecule has 1 aliphatic rings. The van der Waals surface area contributed by atoms with Crippen molar-refractivity contribution in [2.75, 3.05) is 5.32 Å². The first-order valence-corrected chi connectivity index (χ1v) is 7.39. The summed E-state index contributed by atoms with van der Waals surface area (Å²) < 4.78 is 7.63. The van der Waals surface area contributed by atoms with Crippen molar-refractivity contribution in [3.8, 4) is 11.4 Å². The van der Waals surface area contributed by atoms with Crippen molar-refractivity contribution in [1.82, 2.24) is 9.55 Å². The van der Waals surface area contributed by atoms with Gasteiger partial charge in [-0.1, -0.05) is 29.8 Å². The van der Waals surface area contributed by atoms with E-state index in [-0.39, 0.29) is 5.91 Å². The molecule has 1 aliphatic heterocycles. The summed E-state index contributed by atoms with van der Waals surface area (Å²) in [5.41, 5.74) is 3.94. The molecule has 0 spiro atoms. The molecule has 114 valence electrons. The molecule has 5 heteroatoms. The van der Waals surface area contributed by atoms with Crippen molar-refractivity contribution >= 4 is 11.6 Å². The molecule has 0 saturated carbocycles. The van der Waals surface area contributed by atoms with Gasteiger partial charge in [0, 0.05) is 5.69 Å². The maximum atomic E-state index is 12.5. The number of aromatic nitrogens is 2. The summed E-state index contributed by atoms with van der Waals surface area (Å²) >= 11 is 0. The van der Waals surface area contributed by atoms with Gasteiger partial charge in [-0.25, -0.2) is 4.98 Å². The molecule has 5 nitrogen and oxygen atoms in total. The van der Waals surface area contributed by atoms with Gasteiger partial charge in [0.05, 0.1) is 11.4 Å². The molecule has 23 heavy (non-hydrogen) atoms. The molecule has 1 amide bonds. The van der Waals surface area contributed by atoms with Gasteiger partial charge in [0.25, 0.3) is 5.91 Å². The minimum atomic E-state index is -0.231. The summed E-state index contributed by atoms with van der Waals surface area (Å²) in [6, 6.07) is 15.4. The second-order valence-electron chi connectivity index (χ2n) is 5.49. The van der Waals surface area contributed by atoms with Crippen molar-refractivity contribution in [2.24, 2.45) is 0 Å². The van der Waals surface area contributed by atoms with Gasteiger partial charge in [0.1, 0.15) is 18.7 Å². The molecule has 1 N–H and O–H groups in total. The van der Waals surface area contributed by atoms with E-state index in [1.54, 1.807) is 6.33 Å². The van der Waals surface area contributed by atoms with Crippen molar-refractivity contribution in [2.45, 2.75) is 13.5 Å². The van der Waals surface area contributed by atoms with Crippen LogP contribution in [-0.4, -0.2) is 15.5 Å². The molecule has 0 radical (unpaired) electrons. The van der Waals surface area contributed by atoms with Crippen LogP contribution in [0.1, 0.15) is 21.7 Å². The number of rotatable bonds is 2. The Kier molecular flexibility index (Phi) is 3.12. The van der Waals surface area contributed by atoms with E-state index in [0.29, 0.717) is 12.3 Å². The van der Waals surface area contributed by atoms with Crippen molar-refractivity contribution in [3.05, 3.63) is 71.8 Å². The molecule has 0 saturated heterocycles. The second kappa shape index (κ2) is 5.28. The van der Waals surface area contributed by atoms with Gasteiger partial charge < -0.3 is 10.1 Å². The summed E-state index contributed by atoms with van der Waals surface area (Å²) in [5.74, 6) is 0.563. The summed E-state index contributed by atoms with van der Waals surface area (Å²) in [6.45, 7) is 2.33. The van der Waals surface area contributed by atoms with Gasteiger partial charge in [0.2, 0.25) is 0 Å². The van der Waals surface area contributed by atoms with E-state index in [0.717, 1.165) is 28.4 Å². The zero-order chi connectivity index (χ0) is 15.8. The van der Waals surface area contributed by atoms with Crippen LogP contribution in [0, 0.1) is 6.92 Å². The van der Waals surface area contributed by atoms with Crippen LogP contribution in [0.2, 0.25) is 0 Å². The summed E-state index contributed by atoms with van der Waals surface area (Å²) in [6.07, 6.45) is 1.67. The third-order valence-electron chi connectivity index (χ3n) is 3.88. The average Bonchev–Trinajstić information content (AvgIpc) is 3.01. The fraction of sp³-hybridized carbons (Fsp3) is 0.111. The average molecular weight is 305 g/mol. The number of hydrogen-bond acceptors (Lipinski definition) is 3. The number of aryl methyl sites for hydroxylation is 1. The van der Waals surface area contributed by atoms with Gasteiger partial charge in [-0.05, 0) is 31.2 Å². The van der Waals surface area contributed by atoms with Gasteiger partial charge in [-0.2, -0.15) is 0 Å². The van der Waals surface area contributed by atoms with Crippen LogP contribution < -0.4 is 10.1 Å². The number of amides is 1. The van der Waals surface area contributed by atoms with Crippen LogP contribution in [0.25, 0.3) is 5.69 Å². The van der Waals surface area contributed by atoms with E-state index in [9.17, 15) is 4.79 Å². The molecule has 4 rings (SSSR count). The van der Waals surface area contributed by atoms with Gasteiger partial charge in [-0.3, -0.25) is 9.36 Å². The Morgan fingerprint density at radius 2 is 1.96 bits per heavy atom. The number of nitrogens with zero attached hydrogens (tertiary/aromatic N) is 2. The molecule has 0 atom stereocenters. The topological polar surface area (TPSA) is 56.2 Å². The lowest BCUT2D eigenvalue weighted by atomic mass is 10.2. The van der Waals surface area contributed by atoms with Crippen LogP contribution in [0.4, 0.5) is 5.69 Å². The fourth-order valence-electron chi connectivity index (χ4n) is 2.66. The number of hydrogen-bond donors (Lipinski definition) is 1. The van der Waals surface area contributed by atoms with Gasteiger partial charge in [0.15, 0.2) is 5.69 Å². The molecule has 2 aromatic carbocycles. The Balaban J connectivity index is 1.65. The third-order valence-corrected chi connectivity index (χ3v) is 3.88. The number of anilines is 1. The molecular formula is C18H15N3O2. The van der Waals surface area contributed by atoms with Crippen LogP contribution >= 0.6 is 0 Å². The third kappa shape index (κ3) is 2.36. The molecule has 1 aromatic heterocycles. The molecule has 3 aromatic rings. The highest BCUT2D eigenvalue weighted by Crippen LogP contribution is 2.30. The molecule has 0 bridgehead atoms. The number of para-hydroxylation sites is 2. The van der Waals surface area contributed by atoms with E-state index in [4.69, 9.17) is 4.74 Å². The van der Waals surface area contributed by atoms with Crippen LogP contribution in [-0.2, 0) is 6.61 Å². The Bertz CT molecular complexity index is 882. The van der Waals surface area contributed by atoms with Gasteiger partial charge in [-0.15, -0.1) is 0 Å². The lowest BCUT2D eigenvalue weighted by Crippen LogP contribution is -2.19. The van der Waals surface area contributed by atoms with E-state index in [1.165, 1.54) is 0 Å². The fourth-order valence-corrected chi connectivity index (χ4v) is 2.66. The minimum Gasteiger partial charge on any atom is -0.485 e. The van der Waals surface area contributed by atoms with Crippen LogP contribution in [0.5, 0.6) is 5.75 Å². The largest absolute Gasteiger partial charge is 0.485 e. The number of ether oxygens (including phenoxy) is 1. The van der Waals surface area contributed by atoms with E-state index < -0.39 is 0 Å². The SMILES string of the molecule is Cc1ccc(NC(=O)c2ncn3c2COc2ccccc2-3)cc1. The van der Waals surface area contributed by atoms with Crippen molar-refractivity contribution < 1.29 is 9.53 Å². The number of benzene rings is 2. The quantitative estimate of drug-likeness (QED) is 0.790. The molecule has 0 fully saturated rings. The number of imidazole rings is 1. The molecule has 0 unspecified atom stereocenters. The predicted octanol–water partition coefficient (Wildman–Crippen LogP) is 3.33. The zero-order valence-corrected chi connectivity index (χ0v) is 12.6. The normalized spacial score (nSPS) is 12.0. The number of fused-ring (bicyclic) bond motifs is 3. The Hall–Kier alpha value is -3.08. The lowest BCUT2D eigenvalue weighted by molar-refractivity contribution is 0.101. The monoisotopic (exact) mass is 305 g/mol. The first-order chi connectivity index (χ1) is 11.2. The molecule has 2 heterocycles. The maximum absolute atomic E-state index is 12.5. The number of nitrogens with one attached hydrogen (secondary N) is 1. The highest BCUT2D eigenvalue weighted by Gasteiger charge is 2.24. The summed E-state index contributed by atoms with van der Waals surface area (Å²) in [5, 5.41) is 2.88. The van der Waals surface area contributed by atoms with E-state index >= 15 is 0 Å². The summed E-state index contributed by atoms with van der Waals surface area (Å²) in [4.78, 5) is 16.8. The highest BCUT2D eigenvalue weighted by atomic mass is 16.5. The highest BCUT2D eigenvalue weighted by molar-refractivity contribution is 6.03. The van der Waals surface area contributed by atoms with Crippen molar-refractivity contribution in [1.29, 1.82) is 0 Å². The van der Waals surface area contributed by atoms with Crippen molar-refractivity contribution in [3.63, 3.8) is 0 Å². The van der Waals surface area contributed by atoms with E-state index in [1.807, 2.05) is 60.0 Å². The minimum absolute atomic E-state index is 0.231. The maximum Gasteiger partial charge on any atom is 0.276 e. The predicted molar refractivity (Wildman–Crippen MR) is 87.0 cm³/mol. The Labute approximate surface area is 133 Å². The Morgan fingerprint density at radius 1 is 1.17 bits per heavy atom. The lowest BCUT2D eigenvalue weighted by Gasteiger charge is -2.20. The van der Waals surface area contributed by atoms with E-state index in [2.05, 4.69) is 10.3 Å². The van der Waals surface area contributed by atoms with Crippen LogP contribution in [0.15, 0.2) is 54.9 Å². The van der Waals surface area contributed by atoms with Crippen LogP contribution in [0.3, 0.4) is 0 Å². The first-order valence-electron chi connectivity index (χ1n) is 7.39. The molecule has 0 aliphatic carbocycles. The number of carbonyl (C=O) groups is 1. The Morgan fingerprint density at radius 3 is 2.78 bits per heavy atom. The summed E-state index contributed by atoms with van der Waals surface area (Å²) in [7, 11) is 0. The smallest absolute Gasteiger partial charge is 0.276 e. The van der Waals surface area contributed by atoms with Gasteiger partial charge >= 0.3 is 0 Å². The zero-order valence-electron chi connectivity index (χ0n) is 12.6. The standard InChI is InChI=1S/C18H15N3O2/c1-12-6-8-13(9-7-12)20-18(22)17-15-10-23-16-5-3-2-4-14(16)21(15)11-19-17/h2-9,11H,10H2,1H3,(H,20,22). The second-order valence-corrected chi connectivity index (χ2v) is 5.49. The first kappa shape index (κ1) is 13.6. The number of carbonyl (C=O) groups excluding carboxylic acids is 1. The molecular weight excluding hydrogens is 290 g/mol.